The first-order valence-corrected chi connectivity index (χ1v) is 5.24. The molecular weight excluding hydrogens is 291 g/mol. The predicted molar refractivity (Wildman–Crippen MR) is 63.8 cm³/mol. The number of anilines is 1. The molecule has 0 aliphatic carbocycles. The number of rotatable bonds is 1. The van der Waals surface area contributed by atoms with Gasteiger partial charge in [-0.05, 0) is 41.6 Å². The first kappa shape index (κ1) is 9.51. The lowest BCUT2D eigenvalue weighted by molar-refractivity contribution is 0.439. The van der Waals surface area contributed by atoms with Crippen LogP contribution >= 0.6 is 22.6 Å². The minimum Gasteiger partial charge on any atom is -0.367 e. The van der Waals surface area contributed by atoms with Gasteiger partial charge in [0.25, 0.3) is 0 Å². The first-order valence-electron chi connectivity index (χ1n) is 4.16. The molecule has 14 heavy (non-hydrogen) atoms. The number of nitrogen functional groups attached to an aromatic ring is 1. The van der Waals surface area contributed by atoms with Gasteiger partial charge in [0.05, 0.1) is 0 Å². The van der Waals surface area contributed by atoms with Gasteiger partial charge in [-0.15, -0.1) is 0 Å². The molecule has 0 unspecified atom stereocenters. The molecule has 0 bridgehead atoms. The van der Waals surface area contributed by atoms with Crippen molar-refractivity contribution in [1.29, 1.82) is 0 Å². The zero-order chi connectivity index (χ0) is 10.1. The van der Waals surface area contributed by atoms with E-state index in [4.69, 9.17) is 10.3 Å². The van der Waals surface area contributed by atoms with E-state index in [1.54, 1.807) is 0 Å². The molecule has 1 heterocycles. The molecule has 0 saturated heterocycles. The Hall–Kier alpha value is -1.04. The molecule has 2 aromatic rings. The second kappa shape index (κ2) is 3.61. The van der Waals surface area contributed by atoms with Crippen LogP contribution < -0.4 is 5.73 Å². The summed E-state index contributed by atoms with van der Waals surface area (Å²) < 4.78 is 6.08. The molecule has 0 aliphatic rings. The third kappa shape index (κ3) is 1.61. The Morgan fingerprint density at radius 2 is 2.21 bits per heavy atom. The fourth-order valence-electron chi connectivity index (χ4n) is 1.25. The van der Waals surface area contributed by atoms with E-state index in [2.05, 4.69) is 27.7 Å². The van der Waals surface area contributed by atoms with Crippen LogP contribution in [0.1, 0.15) is 5.56 Å². The molecule has 2 N–H and O–H groups in total. The Balaban J connectivity index is 2.55. The minimum atomic E-state index is 0.388. The zero-order valence-corrected chi connectivity index (χ0v) is 9.78. The Bertz CT molecular complexity index is 465. The molecule has 0 fully saturated rings. The van der Waals surface area contributed by atoms with Crippen molar-refractivity contribution in [1.82, 2.24) is 5.16 Å². The normalized spacial score (nSPS) is 10.4. The summed E-state index contributed by atoms with van der Waals surface area (Å²) in [5, 5.41) is 3.92. The lowest BCUT2D eigenvalue weighted by atomic mass is 10.1. The van der Waals surface area contributed by atoms with E-state index in [-0.39, 0.29) is 0 Å². The maximum absolute atomic E-state index is 5.58. The lowest BCUT2D eigenvalue weighted by Gasteiger charge is -1.97. The Labute approximate surface area is 95.4 Å². The average molecular weight is 300 g/mol. The summed E-state index contributed by atoms with van der Waals surface area (Å²) in [4.78, 5) is 0. The van der Waals surface area contributed by atoms with E-state index in [0.717, 1.165) is 16.8 Å². The van der Waals surface area contributed by atoms with Gasteiger partial charge in [0.15, 0.2) is 0 Å². The smallest absolute Gasteiger partial charge is 0.225 e. The van der Waals surface area contributed by atoms with Gasteiger partial charge in [0.1, 0.15) is 5.69 Å². The number of halogens is 1. The van der Waals surface area contributed by atoms with E-state index in [9.17, 15) is 0 Å². The van der Waals surface area contributed by atoms with Crippen molar-refractivity contribution in [3.05, 3.63) is 33.4 Å². The Morgan fingerprint density at radius 1 is 1.43 bits per heavy atom. The number of benzene rings is 1. The fraction of sp³-hybridized carbons (Fsp3) is 0.100. The molecule has 0 amide bonds. The average Bonchev–Trinajstić information content (AvgIpc) is 2.48. The second-order valence-corrected chi connectivity index (χ2v) is 4.28. The van der Waals surface area contributed by atoms with Crippen LogP contribution in [-0.2, 0) is 0 Å². The van der Waals surface area contributed by atoms with E-state index >= 15 is 0 Å². The van der Waals surface area contributed by atoms with Gasteiger partial charge in [0.2, 0.25) is 5.88 Å². The largest absolute Gasteiger partial charge is 0.367 e. The minimum absolute atomic E-state index is 0.388. The summed E-state index contributed by atoms with van der Waals surface area (Å²) in [5.74, 6) is 0.388. The number of aromatic nitrogens is 1. The Morgan fingerprint density at radius 3 is 2.79 bits per heavy atom. The van der Waals surface area contributed by atoms with E-state index in [1.807, 2.05) is 31.2 Å². The molecular formula is C10H9IN2O. The third-order valence-electron chi connectivity index (χ3n) is 2.06. The maximum atomic E-state index is 5.58. The van der Waals surface area contributed by atoms with Crippen LogP contribution in [-0.4, -0.2) is 5.16 Å². The van der Waals surface area contributed by atoms with Crippen LogP contribution in [0.2, 0.25) is 0 Å². The van der Waals surface area contributed by atoms with Crippen LogP contribution in [0.15, 0.2) is 28.8 Å². The highest BCUT2D eigenvalue weighted by atomic mass is 127. The van der Waals surface area contributed by atoms with E-state index < -0.39 is 0 Å². The predicted octanol–water partition coefficient (Wildman–Crippen LogP) is 2.84. The molecule has 0 atom stereocenters. The van der Waals surface area contributed by atoms with Crippen LogP contribution in [0.3, 0.4) is 0 Å². The quantitative estimate of drug-likeness (QED) is 0.824. The third-order valence-corrected chi connectivity index (χ3v) is 2.73. The zero-order valence-electron chi connectivity index (χ0n) is 7.62. The van der Waals surface area contributed by atoms with Gasteiger partial charge in [-0.1, -0.05) is 17.3 Å². The molecule has 4 heteroatoms. The molecule has 0 spiro atoms. The summed E-state index contributed by atoms with van der Waals surface area (Å²) >= 11 is 2.26. The van der Waals surface area contributed by atoms with Gasteiger partial charge < -0.3 is 10.3 Å². The number of hydrogen-bond acceptors (Lipinski definition) is 3. The van der Waals surface area contributed by atoms with Gasteiger partial charge in [-0.3, -0.25) is 0 Å². The van der Waals surface area contributed by atoms with Crippen molar-refractivity contribution in [2.75, 3.05) is 5.73 Å². The van der Waals surface area contributed by atoms with E-state index in [1.165, 1.54) is 3.57 Å². The highest BCUT2D eigenvalue weighted by Gasteiger charge is 2.10. The maximum Gasteiger partial charge on any atom is 0.225 e. The van der Waals surface area contributed by atoms with Gasteiger partial charge in [-0.25, -0.2) is 0 Å². The molecule has 72 valence electrons. The summed E-state index contributed by atoms with van der Waals surface area (Å²) in [6, 6.07) is 8.06. The second-order valence-electron chi connectivity index (χ2n) is 3.03. The van der Waals surface area contributed by atoms with Crippen molar-refractivity contribution in [3.63, 3.8) is 0 Å². The first-order chi connectivity index (χ1) is 6.68. The highest BCUT2D eigenvalue weighted by Crippen LogP contribution is 2.26. The van der Waals surface area contributed by atoms with Crippen molar-refractivity contribution in [2.45, 2.75) is 6.92 Å². The van der Waals surface area contributed by atoms with Gasteiger partial charge >= 0.3 is 0 Å². The van der Waals surface area contributed by atoms with Crippen LogP contribution in [0, 0.1) is 10.5 Å². The standard InChI is InChI=1S/C10H9IN2O/c1-6-9(13-14-10(6)12)7-3-2-4-8(11)5-7/h2-5H,12H2,1H3. The summed E-state index contributed by atoms with van der Waals surface area (Å²) in [6.07, 6.45) is 0. The van der Waals surface area contributed by atoms with Crippen molar-refractivity contribution >= 4 is 28.5 Å². The molecule has 3 nitrogen and oxygen atoms in total. The SMILES string of the molecule is Cc1c(-c2cccc(I)c2)noc1N. The summed E-state index contributed by atoms with van der Waals surface area (Å²) in [7, 11) is 0. The fourth-order valence-corrected chi connectivity index (χ4v) is 1.80. The van der Waals surface area contributed by atoms with Gasteiger partial charge in [-0.2, -0.15) is 0 Å². The van der Waals surface area contributed by atoms with Crippen LogP contribution in [0.25, 0.3) is 11.3 Å². The van der Waals surface area contributed by atoms with Crippen LogP contribution in [0.4, 0.5) is 5.88 Å². The number of hydrogen-bond donors (Lipinski definition) is 1. The summed E-state index contributed by atoms with van der Waals surface area (Å²) in [5.41, 5.74) is 8.34. The monoisotopic (exact) mass is 300 g/mol. The molecule has 1 aromatic carbocycles. The topological polar surface area (TPSA) is 52.0 Å². The van der Waals surface area contributed by atoms with Crippen LogP contribution in [0.5, 0.6) is 0 Å². The highest BCUT2D eigenvalue weighted by molar-refractivity contribution is 14.1. The molecule has 0 radical (unpaired) electrons. The number of nitrogens with zero attached hydrogens (tertiary/aromatic N) is 1. The Kier molecular flexibility index (Phi) is 2.45. The van der Waals surface area contributed by atoms with E-state index in [0.29, 0.717) is 5.88 Å². The molecule has 0 aliphatic heterocycles. The molecule has 1 aromatic heterocycles. The summed E-state index contributed by atoms with van der Waals surface area (Å²) in [6.45, 7) is 1.90. The van der Waals surface area contributed by atoms with Crippen molar-refractivity contribution < 1.29 is 4.52 Å². The van der Waals surface area contributed by atoms with Crippen molar-refractivity contribution in [3.8, 4) is 11.3 Å². The lowest BCUT2D eigenvalue weighted by Crippen LogP contribution is -1.85. The molecule has 0 saturated carbocycles. The van der Waals surface area contributed by atoms with Gasteiger partial charge in [0, 0.05) is 14.7 Å². The number of nitrogens with two attached hydrogens (primary N) is 1. The molecule has 2 rings (SSSR count). The van der Waals surface area contributed by atoms with Crippen molar-refractivity contribution in [2.24, 2.45) is 0 Å².